The largest absolute Gasteiger partial charge is 0.381 e. The minimum absolute atomic E-state index is 0.0605. The van der Waals surface area contributed by atoms with Gasteiger partial charge in [0.15, 0.2) is 9.84 Å². The smallest absolute Gasteiger partial charge is 0.151 e. The van der Waals surface area contributed by atoms with E-state index in [2.05, 4.69) is 0 Å². The maximum absolute atomic E-state index is 12.1. The molecule has 0 aliphatic heterocycles. The van der Waals surface area contributed by atoms with Gasteiger partial charge in [0.25, 0.3) is 0 Å². The number of rotatable bonds is 6. The molecule has 2 rings (SSSR count). The fraction of sp³-hybridized carbons (Fsp3) is 0.600. The van der Waals surface area contributed by atoms with Crippen LogP contribution in [0.4, 0.5) is 0 Å². The van der Waals surface area contributed by atoms with E-state index in [1.807, 2.05) is 38.1 Å². The maximum atomic E-state index is 12.1. The Kier molecular flexibility index (Phi) is 4.23. The minimum atomic E-state index is -3.15. The second-order valence-corrected chi connectivity index (χ2v) is 7.88. The van der Waals surface area contributed by atoms with Gasteiger partial charge in [-0.05, 0) is 19.4 Å². The van der Waals surface area contributed by atoms with Crippen LogP contribution in [0, 0.1) is 12.3 Å². The van der Waals surface area contributed by atoms with Crippen molar-refractivity contribution >= 4 is 9.84 Å². The van der Waals surface area contributed by atoms with E-state index in [0.29, 0.717) is 19.8 Å². The van der Waals surface area contributed by atoms with Gasteiger partial charge in [-0.15, -0.1) is 0 Å². The summed E-state index contributed by atoms with van der Waals surface area (Å²) in [5.74, 6) is -0.0605. The Morgan fingerprint density at radius 3 is 2.35 bits per heavy atom. The molecule has 1 aliphatic carbocycles. The number of benzene rings is 1. The molecule has 0 saturated heterocycles. The summed E-state index contributed by atoms with van der Waals surface area (Å²) in [6, 6.07) is 8.02. The van der Waals surface area contributed by atoms with E-state index in [1.165, 1.54) is 6.26 Å². The fourth-order valence-electron chi connectivity index (χ4n) is 3.17. The normalized spacial score (nSPS) is 29.4. The van der Waals surface area contributed by atoms with Gasteiger partial charge in [0.1, 0.15) is 0 Å². The molecule has 1 aliphatic rings. The number of ether oxygens (including phenoxy) is 1. The molecular formula is C15H23NO3S. The number of hydrogen-bond donors (Lipinski definition) is 1. The molecule has 3 atom stereocenters. The maximum Gasteiger partial charge on any atom is 0.151 e. The van der Waals surface area contributed by atoms with Gasteiger partial charge >= 0.3 is 0 Å². The van der Waals surface area contributed by atoms with Gasteiger partial charge in [-0.3, -0.25) is 0 Å². The van der Waals surface area contributed by atoms with E-state index in [4.69, 9.17) is 10.5 Å². The zero-order chi connectivity index (χ0) is 15.0. The molecule has 0 aromatic heterocycles. The van der Waals surface area contributed by atoms with Gasteiger partial charge in [-0.1, -0.05) is 29.8 Å². The van der Waals surface area contributed by atoms with Crippen molar-refractivity contribution in [2.45, 2.75) is 25.0 Å². The number of aryl methyl sites for hydroxylation is 1. The molecule has 4 nitrogen and oxygen atoms in total. The number of hydrogen-bond acceptors (Lipinski definition) is 4. The van der Waals surface area contributed by atoms with Gasteiger partial charge in [0, 0.05) is 30.7 Å². The Balaban J connectivity index is 2.36. The first-order valence-electron chi connectivity index (χ1n) is 6.90. The highest BCUT2D eigenvalue weighted by Crippen LogP contribution is 2.62. The third-order valence-electron chi connectivity index (χ3n) is 4.23. The topological polar surface area (TPSA) is 69.4 Å². The summed E-state index contributed by atoms with van der Waals surface area (Å²) < 4.78 is 29.6. The summed E-state index contributed by atoms with van der Waals surface area (Å²) in [7, 11) is -3.15. The average molecular weight is 297 g/mol. The lowest BCUT2D eigenvalue weighted by Gasteiger charge is -2.15. The van der Waals surface area contributed by atoms with Gasteiger partial charge in [0.2, 0.25) is 0 Å². The molecule has 0 unspecified atom stereocenters. The first kappa shape index (κ1) is 15.5. The van der Waals surface area contributed by atoms with E-state index >= 15 is 0 Å². The third-order valence-corrected chi connectivity index (χ3v) is 5.90. The zero-order valence-corrected chi connectivity index (χ0v) is 13.1. The van der Waals surface area contributed by atoms with Crippen LogP contribution < -0.4 is 5.73 Å². The molecule has 20 heavy (non-hydrogen) atoms. The van der Waals surface area contributed by atoms with Crippen molar-refractivity contribution in [1.82, 2.24) is 0 Å². The van der Waals surface area contributed by atoms with Crippen molar-refractivity contribution in [3.8, 4) is 0 Å². The van der Waals surface area contributed by atoms with Crippen LogP contribution in [0.5, 0.6) is 0 Å². The lowest BCUT2D eigenvalue weighted by molar-refractivity contribution is 0.101. The second kappa shape index (κ2) is 5.47. The highest BCUT2D eigenvalue weighted by Gasteiger charge is 2.69. The highest BCUT2D eigenvalue weighted by atomic mass is 32.2. The zero-order valence-electron chi connectivity index (χ0n) is 12.3. The van der Waals surface area contributed by atoms with E-state index in [-0.39, 0.29) is 5.92 Å². The monoisotopic (exact) mass is 297 g/mol. The summed E-state index contributed by atoms with van der Waals surface area (Å²) in [4.78, 5) is 0. The van der Waals surface area contributed by atoms with E-state index in [0.717, 1.165) is 11.1 Å². The van der Waals surface area contributed by atoms with Crippen LogP contribution in [0.1, 0.15) is 24.0 Å². The van der Waals surface area contributed by atoms with Crippen LogP contribution in [0.15, 0.2) is 24.3 Å². The van der Waals surface area contributed by atoms with Gasteiger partial charge in [-0.25, -0.2) is 8.42 Å². The molecule has 0 spiro atoms. The molecule has 1 aromatic carbocycles. The third kappa shape index (κ3) is 2.62. The van der Waals surface area contributed by atoms with Crippen LogP contribution >= 0.6 is 0 Å². The van der Waals surface area contributed by atoms with E-state index < -0.39 is 20.5 Å². The van der Waals surface area contributed by atoms with Crippen molar-refractivity contribution in [3.05, 3.63) is 35.4 Å². The lowest BCUT2D eigenvalue weighted by Crippen LogP contribution is -2.28. The Morgan fingerprint density at radius 1 is 1.30 bits per heavy atom. The van der Waals surface area contributed by atoms with Crippen molar-refractivity contribution < 1.29 is 13.2 Å². The molecular weight excluding hydrogens is 274 g/mol. The van der Waals surface area contributed by atoms with Crippen molar-refractivity contribution in [3.63, 3.8) is 0 Å². The van der Waals surface area contributed by atoms with Gasteiger partial charge in [-0.2, -0.15) is 0 Å². The summed E-state index contributed by atoms with van der Waals surface area (Å²) >= 11 is 0. The lowest BCUT2D eigenvalue weighted by atomic mass is 9.99. The summed E-state index contributed by atoms with van der Waals surface area (Å²) in [5.41, 5.74) is 7.64. The fourth-order valence-corrected chi connectivity index (χ4v) is 5.18. The van der Waals surface area contributed by atoms with Gasteiger partial charge < -0.3 is 10.5 Å². The molecule has 2 N–H and O–H groups in total. The van der Waals surface area contributed by atoms with Gasteiger partial charge in [0.05, 0.1) is 11.9 Å². The predicted molar refractivity (Wildman–Crippen MR) is 80.5 cm³/mol. The van der Waals surface area contributed by atoms with Crippen molar-refractivity contribution in [2.75, 3.05) is 26.0 Å². The molecule has 1 aromatic rings. The quantitative estimate of drug-likeness (QED) is 0.863. The SMILES string of the molecule is CCOC[C@@]1(CN)[C@H](c2ccc(C)cc2)[C@@H]1S(C)(=O)=O. The molecule has 112 valence electrons. The Bertz CT molecular complexity index is 567. The molecule has 5 heteroatoms. The number of nitrogens with two attached hydrogens (primary N) is 1. The Morgan fingerprint density at radius 2 is 1.90 bits per heavy atom. The molecule has 0 radical (unpaired) electrons. The summed E-state index contributed by atoms with van der Waals surface area (Å²) in [6.45, 7) is 5.21. The first-order chi connectivity index (χ1) is 9.36. The van der Waals surface area contributed by atoms with Crippen molar-refractivity contribution in [1.29, 1.82) is 0 Å². The Hall–Kier alpha value is -0.910. The Labute approximate surface area is 121 Å². The van der Waals surface area contributed by atoms with Crippen molar-refractivity contribution in [2.24, 2.45) is 11.1 Å². The minimum Gasteiger partial charge on any atom is -0.381 e. The van der Waals surface area contributed by atoms with Crippen LogP contribution in [0.3, 0.4) is 0 Å². The summed E-state index contributed by atoms with van der Waals surface area (Å²) in [6.07, 6.45) is 1.29. The summed E-state index contributed by atoms with van der Waals surface area (Å²) in [5, 5.41) is -0.436. The standard InChI is InChI=1S/C15H23NO3S/c1-4-19-10-15(9-16)13(14(15)20(3,17)18)12-7-5-11(2)6-8-12/h5-8,13-14H,4,9-10,16H2,1-3H3/t13-,14+,15+/m1/s1. The number of sulfone groups is 1. The molecule has 0 bridgehead atoms. The van der Waals surface area contributed by atoms with Crippen LogP contribution in [0.25, 0.3) is 0 Å². The molecule has 1 fully saturated rings. The van der Waals surface area contributed by atoms with Crippen LogP contribution in [0.2, 0.25) is 0 Å². The predicted octanol–water partition coefficient (Wildman–Crippen LogP) is 1.49. The molecule has 0 heterocycles. The molecule has 1 saturated carbocycles. The average Bonchev–Trinajstić information content (AvgIpc) is 3.07. The van der Waals surface area contributed by atoms with Crippen LogP contribution in [-0.2, 0) is 14.6 Å². The highest BCUT2D eigenvalue weighted by molar-refractivity contribution is 7.91. The second-order valence-electron chi connectivity index (χ2n) is 5.71. The van der Waals surface area contributed by atoms with Crippen LogP contribution in [-0.4, -0.2) is 39.7 Å². The molecule has 0 amide bonds. The van der Waals surface area contributed by atoms with E-state index in [1.54, 1.807) is 0 Å². The first-order valence-corrected chi connectivity index (χ1v) is 8.85. The van der Waals surface area contributed by atoms with E-state index in [9.17, 15) is 8.42 Å².